The number of carboxylic acid groups (broad SMARTS) is 1. The van der Waals surface area contributed by atoms with Crippen molar-refractivity contribution in [2.24, 2.45) is 0 Å². The van der Waals surface area contributed by atoms with E-state index in [9.17, 15) is 19.7 Å². The molecular formula is C15H20N2O6. The lowest BCUT2D eigenvalue weighted by Gasteiger charge is -2.31. The molecule has 0 bridgehead atoms. The van der Waals surface area contributed by atoms with Crippen LogP contribution < -0.4 is 10.1 Å². The molecule has 0 unspecified atom stereocenters. The van der Waals surface area contributed by atoms with Gasteiger partial charge in [0, 0.05) is 6.07 Å². The first-order valence-corrected chi connectivity index (χ1v) is 7.22. The van der Waals surface area contributed by atoms with E-state index in [0.29, 0.717) is 12.8 Å². The van der Waals surface area contributed by atoms with Crippen LogP contribution >= 0.6 is 0 Å². The monoisotopic (exact) mass is 324 g/mol. The van der Waals surface area contributed by atoms with Crippen LogP contribution in [0.25, 0.3) is 0 Å². The number of hydrogen-bond donors (Lipinski definition) is 2. The average molecular weight is 324 g/mol. The van der Waals surface area contributed by atoms with E-state index in [1.54, 1.807) is 13.8 Å². The summed E-state index contributed by atoms with van der Waals surface area (Å²) in [6, 6.07) is 5.50. The zero-order chi connectivity index (χ0) is 17.5. The molecule has 0 aliphatic rings. The van der Waals surface area contributed by atoms with Crippen LogP contribution in [-0.2, 0) is 9.59 Å². The summed E-state index contributed by atoms with van der Waals surface area (Å²) in [6.07, 6.45) is 0.763. The molecule has 1 rings (SSSR count). The Bertz CT molecular complexity index is 583. The van der Waals surface area contributed by atoms with Crippen LogP contribution in [0.1, 0.15) is 33.1 Å². The lowest BCUT2D eigenvalue weighted by atomic mass is 9.89. The van der Waals surface area contributed by atoms with E-state index in [1.165, 1.54) is 24.3 Å². The largest absolute Gasteiger partial charge is 0.484 e. The highest BCUT2D eigenvalue weighted by Gasteiger charge is 2.31. The second-order valence-corrected chi connectivity index (χ2v) is 5.15. The van der Waals surface area contributed by atoms with Crippen molar-refractivity contribution in [3.8, 4) is 5.75 Å². The number of carbonyl (C=O) groups excluding carboxylic acids is 1. The fourth-order valence-electron chi connectivity index (χ4n) is 2.18. The van der Waals surface area contributed by atoms with Gasteiger partial charge in [0.05, 0.1) is 22.9 Å². The molecule has 0 radical (unpaired) electrons. The summed E-state index contributed by atoms with van der Waals surface area (Å²) in [7, 11) is 0. The number of hydrogen-bond acceptors (Lipinski definition) is 5. The summed E-state index contributed by atoms with van der Waals surface area (Å²) in [6.45, 7) is 3.25. The van der Waals surface area contributed by atoms with E-state index in [0.717, 1.165) is 0 Å². The van der Waals surface area contributed by atoms with Gasteiger partial charge >= 0.3 is 5.97 Å². The van der Waals surface area contributed by atoms with Gasteiger partial charge in [0.1, 0.15) is 5.75 Å². The van der Waals surface area contributed by atoms with Gasteiger partial charge < -0.3 is 15.2 Å². The Hall–Kier alpha value is -2.64. The number of nitrogens with one attached hydrogen (secondary N) is 1. The highest BCUT2D eigenvalue weighted by molar-refractivity contribution is 5.79. The zero-order valence-electron chi connectivity index (χ0n) is 13.1. The van der Waals surface area contributed by atoms with Crippen molar-refractivity contribution < 1.29 is 24.4 Å². The van der Waals surface area contributed by atoms with Crippen molar-refractivity contribution >= 4 is 17.6 Å². The van der Waals surface area contributed by atoms with Gasteiger partial charge in [-0.25, -0.2) is 0 Å². The minimum Gasteiger partial charge on any atom is -0.484 e. The van der Waals surface area contributed by atoms with Crippen LogP contribution in [0.2, 0.25) is 0 Å². The van der Waals surface area contributed by atoms with E-state index in [1.807, 2.05) is 0 Å². The average Bonchev–Trinajstić information content (AvgIpc) is 2.52. The van der Waals surface area contributed by atoms with Gasteiger partial charge in [0.2, 0.25) is 0 Å². The first kappa shape index (κ1) is 18.4. The third-order valence-corrected chi connectivity index (χ3v) is 3.65. The van der Waals surface area contributed by atoms with E-state index < -0.39 is 22.3 Å². The number of ether oxygens (including phenoxy) is 1. The molecule has 1 aromatic rings. The van der Waals surface area contributed by atoms with E-state index >= 15 is 0 Å². The summed E-state index contributed by atoms with van der Waals surface area (Å²) in [5, 5.41) is 22.3. The molecule has 0 spiro atoms. The number of carbonyl (C=O) groups is 2. The standard InChI is InChI=1S/C15H20N2O6/c1-3-15(4-2,9-14(19)20)16-13(18)10-23-12-7-5-6-11(8-12)17(21)22/h5-8H,3-4,9-10H2,1-2H3,(H,16,18)(H,19,20). The van der Waals surface area contributed by atoms with Crippen molar-refractivity contribution in [3.05, 3.63) is 34.4 Å². The molecule has 126 valence electrons. The summed E-state index contributed by atoms with van der Waals surface area (Å²) in [5.41, 5.74) is -0.958. The molecule has 0 aliphatic carbocycles. The van der Waals surface area contributed by atoms with Gasteiger partial charge in [-0.3, -0.25) is 19.7 Å². The van der Waals surface area contributed by atoms with Crippen molar-refractivity contribution in [2.75, 3.05) is 6.61 Å². The van der Waals surface area contributed by atoms with Gasteiger partial charge in [-0.2, -0.15) is 0 Å². The van der Waals surface area contributed by atoms with Crippen molar-refractivity contribution in [1.82, 2.24) is 5.32 Å². The predicted octanol–water partition coefficient (Wildman–Crippen LogP) is 2.12. The Morgan fingerprint density at radius 2 is 2.00 bits per heavy atom. The van der Waals surface area contributed by atoms with E-state index in [-0.39, 0.29) is 24.5 Å². The van der Waals surface area contributed by atoms with Crippen LogP contribution in [0.5, 0.6) is 5.75 Å². The molecule has 0 atom stereocenters. The van der Waals surface area contributed by atoms with Gasteiger partial charge in [-0.15, -0.1) is 0 Å². The van der Waals surface area contributed by atoms with Crippen LogP contribution in [0.4, 0.5) is 5.69 Å². The number of aliphatic carboxylic acids is 1. The minimum absolute atomic E-state index is 0.134. The number of nitrogens with zero attached hydrogens (tertiary/aromatic N) is 1. The lowest BCUT2D eigenvalue weighted by molar-refractivity contribution is -0.384. The molecule has 0 aliphatic heterocycles. The fraction of sp³-hybridized carbons (Fsp3) is 0.467. The topological polar surface area (TPSA) is 119 Å². The smallest absolute Gasteiger partial charge is 0.305 e. The van der Waals surface area contributed by atoms with Crippen LogP contribution in [0, 0.1) is 10.1 Å². The summed E-state index contributed by atoms with van der Waals surface area (Å²) < 4.78 is 5.23. The number of nitro benzene ring substituents is 1. The SMILES string of the molecule is CCC(CC)(CC(=O)O)NC(=O)COc1cccc([N+](=O)[O-])c1. The predicted molar refractivity (Wildman–Crippen MR) is 82.3 cm³/mol. The molecule has 2 N–H and O–H groups in total. The number of benzene rings is 1. The second kappa shape index (κ2) is 8.11. The third kappa shape index (κ3) is 5.57. The Morgan fingerprint density at radius 3 is 2.52 bits per heavy atom. The second-order valence-electron chi connectivity index (χ2n) is 5.15. The summed E-state index contributed by atoms with van der Waals surface area (Å²) in [4.78, 5) is 33.1. The maximum absolute atomic E-state index is 12.0. The quantitative estimate of drug-likeness (QED) is 0.530. The Kier molecular flexibility index (Phi) is 6.49. The first-order chi connectivity index (χ1) is 10.8. The third-order valence-electron chi connectivity index (χ3n) is 3.65. The Morgan fingerprint density at radius 1 is 1.35 bits per heavy atom. The summed E-state index contributed by atoms with van der Waals surface area (Å²) >= 11 is 0. The molecule has 0 heterocycles. The molecule has 8 nitrogen and oxygen atoms in total. The molecule has 0 aromatic heterocycles. The van der Waals surface area contributed by atoms with Crippen molar-refractivity contribution in [2.45, 2.75) is 38.6 Å². The Balaban J connectivity index is 2.67. The highest BCUT2D eigenvalue weighted by atomic mass is 16.6. The van der Waals surface area contributed by atoms with Crippen LogP contribution in [0.3, 0.4) is 0 Å². The highest BCUT2D eigenvalue weighted by Crippen LogP contribution is 2.21. The van der Waals surface area contributed by atoms with Crippen LogP contribution in [0.15, 0.2) is 24.3 Å². The minimum atomic E-state index is -0.992. The van der Waals surface area contributed by atoms with E-state index in [2.05, 4.69) is 5.32 Å². The number of rotatable bonds is 9. The number of amides is 1. The van der Waals surface area contributed by atoms with Crippen LogP contribution in [-0.4, -0.2) is 34.1 Å². The molecule has 1 aromatic carbocycles. The molecule has 23 heavy (non-hydrogen) atoms. The fourth-order valence-corrected chi connectivity index (χ4v) is 2.18. The maximum Gasteiger partial charge on any atom is 0.305 e. The normalized spacial score (nSPS) is 10.9. The van der Waals surface area contributed by atoms with Crippen molar-refractivity contribution in [1.29, 1.82) is 0 Å². The zero-order valence-corrected chi connectivity index (χ0v) is 13.1. The number of non-ortho nitro benzene ring substituents is 1. The van der Waals surface area contributed by atoms with Gasteiger partial charge in [-0.05, 0) is 18.9 Å². The number of nitro groups is 1. The Labute approximate surface area is 133 Å². The summed E-state index contributed by atoms with van der Waals surface area (Å²) in [5.74, 6) is -1.26. The first-order valence-electron chi connectivity index (χ1n) is 7.22. The van der Waals surface area contributed by atoms with Gasteiger partial charge in [-0.1, -0.05) is 19.9 Å². The van der Waals surface area contributed by atoms with Gasteiger partial charge in [0.25, 0.3) is 11.6 Å². The molecule has 0 saturated heterocycles. The molecule has 1 amide bonds. The lowest BCUT2D eigenvalue weighted by Crippen LogP contribution is -2.50. The molecule has 0 saturated carbocycles. The number of carboxylic acids is 1. The molecule has 8 heteroatoms. The van der Waals surface area contributed by atoms with Gasteiger partial charge in [0.15, 0.2) is 6.61 Å². The van der Waals surface area contributed by atoms with E-state index in [4.69, 9.17) is 9.84 Å². The maximum atomic E-state index is 12.0. The van der Waals surface area contributed by atoms with Crippen molar-refractivity contribution in [3.63, 3.8) is 0 Å². The molecule has 0 fully saturated rings. The molecular weight excluding hydrogens is 304 g/mol.